The van der Waals surface area contributed by atoms with Gasteiger partial charge in [-0.05, 0) is 54.6 Å². The maximum absolute atomic E-state index is 13.3. The first kappa shape index (κ1) is 48.0. The third-order valence-electron chi connectivity index (χ3n) is 7.82. The number of imidazole rings is 2. The Labute approximate surface area is 322 Å². The van der Waals surface area contributed by atoms with E-state index in [1.807, 2.05) is 0 Å². The molecule has 0 aliphatic rings. The number of allylic oxidation sites excluding steroid dienone is 2. The first-order chi connectivity index (χ1) is 24.9. The zero-order valence-corrected chi connectivity index (χ0v) is 32.0. The van der Waals surface area contributed by atoms with Crippen LogP contribution in [0.15, 0.2) is 69.7 Å². The molecule has 310 valence electrons. The molecule has 0 fully saturated rings. The van der Waals surface area contributed by atoms with Gasteiger partial charge >= 0.3 is 12.4 Å². The second-order valence-corrected chi connectivity index (χ2v) is 16.9. The summed E-state index contributed by atoms with van der Waals surface area (Å²) in [6.07, 6.45) is -4.33. The van der Waals surface area contributed by atoms with Crippen molar-refractivity contribution in [2.24, 2.45) is 14.1 Å². The highest BCUT2D eigenvalue weighted by molar-refractivity contribution is 7.91. The molecule has 2 aromatic carbocycles. The molecule has 0 aliphatic heterocycles. The molecule has 0 spiro atoms. The molecule has 0 radical (unpaired) electrons. The summed E-state index contributed by atoms with van der Waals surface area (Å²) in [4.78, 5) is 6.95. The first-order valence-corrected chi connectivity index (χ1v) is 19.4. The molecule has 4 rings (SSSR count). The average Bonchev–Trinajstić information content (AvgIpc) is 3.62. The fourth-order valence-corrected chi connectivity index (χ4v) is 7.05. The predicted octanol–water partition coefficient (Wildman–Crippen LogP) is 10.3. The zero-order chi connectivity index (χ0) is 42.1. The van der Waals surface area contributed by atoms with Gasteiger partial charge < -0.3 is 9.13 Å². The second-order valence-electron chi connectivity index (χ2n) is 12.0. The number of rotatable bonds is 10. The molecule has 0 N–H and O–H groups in total. The van der Waals surface area contributed by atoms with Gasteiger partial charge in [0, 0.05) is 39.1 Å². The van der Waals surface area contributed by atoms with E-state index < -0.39 is 81.3 Å². The highest BCUT2D eigenvalue weighted by Crippen LogP contribution is 2.38. The number of aromatic nitrogens is 4. The number of hydrogen-bond donors (Lipinski definition) is 0. The van der Waals surface area contributed by atoms with Crippen LogP contribution < -0.4 is 0 Å². The third kappa shape index (κ3) is 11.5. The fourth-order valence-electron chi connectivity index (χ4n) is 4.72. The summed E-state index contributed by atoms with van der Waals surface area (Å²) in [7, 11) is -5.16. The summed E-state index contributed by atoms with van der Waals surface area (Å²) in [5.74, 6) is -7.13. The van der Waals surface area contributed by atoms with Gasteiger partial charge in [0.15, 0.2) is 19.7 Å². The van der Waals surface area contributed by atoms with Crippen LogP contribution in [0.3, 0.4) is 0 Å². The molecule has 4 aromatic rings. The van der Waals surface area contributed by atoms with E-state index in [1.165, 1.54) is 49.5 Å². The minimum absolute atomic E-state index is 0. The summed E-state index contributed by atoms with van der Waals surface area (Å²) in [5.41, 5.74) is -1.95. The van der Waals surface area contributed by atoms with E-state index in [9.17, 15) is 60.7 Å². The Morgan fingerprint density at radius 2 is 1.07 bits per heavy atom. The summed E-state index contributed by atoms with van der Waals surface area (Å²) in [6.45, 7) is 3.91. The third-order valence-corrected chi connectivity index (χ3v) is 11.8. The van der Waals surface area contributed by atoms with Gasteiger partial charge in [0.05, 0.1) is 61.2 Å². The first-order valence-electron chi connectivity index (χ1n) is 15.7. The van der Waals surface area contributed by atoms with Gasteiger partial charge in [-0.15, -0.1) is 0 Å². The Morgan fingerprint density at radius 1 is 0.696 bits per heavy atom. The molecule has 0 bridgehead atoms. The standard InChI is InChI=1S/C17H16ClF5N2O2S.C17H17F5N2O2S.CH4/c1-4-28(26,27)13-7-10(17(21,22)23)5-6-12(13)15-24-9-11(25(15)3)8-14(18)16(2,19)20;1-4-27(25,26)14-9-11(17(20,21)22)5-6-13(14)15-23-10-12(24(15)3)7-8-16(2,18)19;/h5-9H,4H2,1-3H3;5-10H,4H2,1-3H3;1H4/b14-8-;8-7+;. The maximum atomic E-state index is 13.3. The molecular formula is C35H37ClF10N4O4S2. The van der Waals surface area contributed by atoms with Gasteiger partial charge in [-0.25, -0.2) is 44.4 Å². The maximum Gasteiger partial charge on any atom is 0.416 e. The molecule has 0 unspecified atom stereocenters. The summed E-state index contributed by atoms with van der Waals surface area (Å²) in [6, 6.07) is 4.63. The van der Waals surface area contributed by atoms with Crippen molar-refractivity contribution in [3.63, 3.8) is 0 Å². The molecule has 0 atom stereocenters. The number of nitrogens with zero attached hydrogens (tertiary/aromatic N) is 4. The summed E-state index contributed by atoms with van der Waals surface area (Å²) >= 11 is 5.57. The summed E-state index contributed by atoms with van der Waals surface area (Å²) in [5, 5.41) is -0.768. The van der Waals surface area contributed by atoms with E-state index in [1.54, 1.807) is 0 Å². The lowest BCUT2D eigenvalue weighted by Gasteiger charge is -2.14. The van der Waals surface area contributed by atoms with Gasteiger partial charge in [0.1, 0.15) is 11.6 Å². The monoisotopic (exact) mass is 866 g/mol. The number of alkyl halides is 10. The van der Waals surface area contributed by atoms with Crippen molar-refractivity contribution in [3.05, 3.63) is 82.4 Å². The Hall–Kier alpha value is -4.17. The minimum atomic E-state index is -4.73. The molecule has 0 aliphatic carbocycles. The van der Waals surface area contributed by atoms with Crippen LogP contribution in [0.4, 0.5) is 43.9 Å². The predicted molar refractivity (Wildman–Crippen MR) is 194 cm³/mol. The van der Waals surface area contributed by atoms with E-state index >= 15 is 0 Å². The van der Waals surface area contributed by atoms with E-state index in [0.717, 1.165) is 36.4 Å². The van der Waals surface area contributed by atoms with Gasteiger partial charge in [-0.3, -0.25) is 0 Å². The highest BCUT2D eigenvalue weighted by atomic mass is 35.5. The van der Waals surface area contributed by atoms with Crippen molar-refractivity contribution >= 4 is 43.4 Å². The van der Waals surface area contributed by atoms with E-state index in [-0.39, 0.29) is 41.6 Å². The molecular weight excluding hydrogens is 830 g/mol. The number of sulfone groups is 2. The van der Waals surface area contributed by atoms with Crippen molar-refractivity contribution in [1.29, 1.82) is 0 Å². The molecule has 8 nitrogen and oxygen atoms in total. The summed E-state index contributed by atoms with van der Waals surface area (Å²) < 4.78 is 183. The Morgan fingerprint density at radius 3 is 1.41 bits per heavy atom. The van der Waals surface area contributed by atoms with Crippen LogP contribution in [-0.2, 0) is 46.1 Å². The Kier molecular flexibility index (Phi) is 14.7. The van der Waals surface area contributed by atoms with Crippen LogP contribution in [0.25, 0.3) is 34.9 Å². The molecule has 21 heteroatoms. The molecule has 0 amide bonds. The van der Waals surface area contributed by atoms with Crippen molar-refractivity contribution in [1.82, 2.24) is 19.1 Å². The van der Waals surface area contributed by atoms with Gasteiger partial charge in [0.2, 0.25) is 0 Å². The number of halogens is 11. The lowest BCUT2D eigenvalue weighted by Crippen LogP contribution is -2.12. The smallest absolute Gasteiger partial charge is 0.328 e. The van der Waals surface area contributed by atoms with Crippen molar-refractivity contribution in [2.45, 2.75) is 69.1 Å². The second kappa shape index (κ2) is 17.1. The van der Waals surface area contributed by atoms with Crippen LogP contribution in [0.2, 0.25) is 0 Å². The van der Waals surface area contributed by atoms with E-state index in [0.29, 0.717) is 32.1 Å². The van der Waals surface area contributed by atoms with Crippen LogP contribution in [0.5, 0.6) is 0 Å². The molecule has 56 heavy (non-hydrogen) atoms. The zero-order valence-electron chi connectivity index (χ0n) is 29.7. The van der Waals surface area contributed by atoms with Crippen LogP contribution in [0, 0.1) is 0 Å². The van der Waals surface area contributed by atoms with Crippen LogP contribution in [-0.4, -0.2) is 59.3 Å². The van der Waals surface area contributed by atoms with E-state index in [2.05, 4.69) is 9.97 Å². The number of hydrogen-bond acceptors (Lipinski definition) is 6. The molecule has 0 saturated heterocycles. The number of benzene rings is 2. The fraction of sp³-hybridized carbons (Fsp3) is 0.371. The van der Waals surface area contributed by atoms with Crippen molar-refractivity contribution in [3.8, 4) is 22.8 Å². The van der Waals surface area contributed by atoms with Gasteiger partial charge in [0.25, 0.3) is 11.8 Å². The normalized spacial score (nSPS) is 13.4. The SMILES string of the molecule is C.CCS(=O)(=O)c1cc(C(F)(F)F)ccc1-c1ncc(/C=C(\Cl)C(C)(F)F)n1C.CCS(=O)(=O)c1cc(C(F)(F)F)ccc1-c1ncc(/C=C/C(C)(F)F)n1C. The topological polar surface area (TPSA) is 104 Å². The van der Waals surface area contributed by atoms with Crippen molar-refractivity contribution in [2.75, 3.05) is 11.5 Å². The molecule has 0 saturated carbocycles. The Balaban J connectivity index is 0.000000380. The van der Waals surface area contributed by atoms with E-state index in [4.69, 9.17) is 11.6 Å². The lowest BCUT2D eigenvalue weighted by molar-refractivity contribution is -0.138. The van der Waals surface area contributed by atoms with Crippen molar-refractivity contribution < 1.29 is 60.7 Å². The van der Waals surface area contributed by atoms with Gasteiger partial charge in [-0.2, -0.15) is 26.3 Å². The van der Waals surface area contributed by atoms with Gasteiger partial charge in [-0.1, -0.05) is 32.9 Å². The minimum Gasteiger partial charge on any atom is -0.328 e. The quantitative estimate of drug-likeness (QED) is 0.147. The molecule has 2 aromatic heterocycles. The largest absolute Gasteiger partial charge is 0.416 e. The lowest BCUT2D eigenvalue weighted by atomic mass is 10.1. The average molecular weight is 867 g/mol. The Bertz CT molecular complexity index is 2320. The highest BCUT2D eigenvalue weighted by Gasteiger charge is 2.35. The van der Waals surface area contributed by atoms with Crippen LogP contribution >= 0.6 is 11.6 Å². The van der Waals surface area contributed by atoms with Crippen LogP contribution in [0.1, 0.15) is 57.6 Å². The molecule has 2 heterocycles.